The normalized spacial score (nSPS) is 18.8. The van der Waals surface area contributed by atoms with Crippen LogP contribution in [0.1, 0.15) is 11.5 Å². The fraction of sp³-hybridized carbons (Fsp3) is 0.278. The number of rotatable bonds is 4. The topological polar surface area (TPSA) is 152 Å². The molecule has 1 aliphatic rings. The number of amidine groups is 1. The first-order valence-corrected chi connectivity index (χ1v) is 7.45. The number of nitrogens with two attached hydrogens (primary N) is 1. The molecule has 1 aliphatic heterocycles. The third-order valence-corrected chi connectivity index (χ3v) is 4.05. The predicted molar refractivity (Wildman–Crippen MR) is 90.4 cm³/mol. The van der Waals surface area contributed by atoms with Crippen LogP contribution in [-0.2, 0) is 0 Å². The Labute approximate surface area is 150 Å². The molecule has 2 N–H and O–H groups in total. The second-order valence-electron chi connectivity index (χ2n) is 5.34. The van der Waals surface area contributed by atoms with Gasteiger partial charge in [0.2, 0.25) is 0 Å². The van der Waals surface area contributed by atoms with Crippen LogP contribution in [-0.4, -0.2) is 20.1 Å². The van der Waals surface area contributed by atoms with Crippen molar-refractivity contribution in [2.24, 2.45) is 22.6 Å². The third-order valence-electron chi connectivity index (χ3n) is 4.05. The fourth-order valence-electron chi connectivity index (χ4n) is 2.81. The van der Waals surface area contributed by atoms with Crippen molar-refractivity contribution < 1.29 is 9.47 Å². The number of nitriles is 4. The van der Waals surface area contributed by atoms with E-state index in [2.05, 4.69) is 4.99 Å². The van der Waals surface area contributed by atoms with E-state index in [0.717, 1.165) is 0 Å². The van der Waals surface area contributed by atoms with Crippen LogP contribution in [0.2, 0.25) is 0 Å². The Kier molecular flexibility index (Phi) is 5.43. The van der Waals surface area contributed by atoms with Crippen molar-refractivity contribution in [3.63, 3.8) is 0 Å². The Balaban J connectivity index is 2.74. The minimum absolute atomic E-state index is 0.0266. The largest absolute Gasteiger partial charge is 0.493 e. The summed E-state index contributed by atoms with van der Waals surface area (Å²) in [5.41, 5.74) is 6.51. The summed E-state index contributed by atoms with van der Waals surface area (Å²) < 4.78 is 10.5. The lowest BCUT2D eigenvalue weighted by Gasteiger charge is -2.27. The standard InChI is InChI=1S/C18H14N6O2/c1-25-14-4-3-10(5-15(14)26-2)16-12(8-21)17(11(6-19)7-20)24-18(23)13(16)9-22/h3-5,11,13,16H,1-2H3,(H2,23,24)/t13?,16-/m0/s1. The Morgan fingerprint density at radius 1 is 1.08 bits per heavy atom. The molecular weight excluding hydrogens is 332 g/mol. The average molecular weight is 346 g/mol. The maximum Gasteiger partial charge on any atom is 0.176 e. The Morgan fingerprint density at radius 3 is 2.23 bits per heavy atom. The SMILES string of the molecule is COc1ccc([C@H]2C(C#N)=C(C(C#N)C#N)N=C(N)C2C#N)cc1OC. The number of nitrogens with zero attached hydrogens (tertiary/aromatic N) is 5. The zero-order valence-corrected chi connectivity index (χ0v) is 14.1. The highest BCUT2D eigenvalue weighted by Crippen LogP contribution is 2.41. The van der Waals surface area contributed by atoms with Crippen molar-refractivity contribution in [2.75, 3.05) is 14.2 Å². The first-order valence-electron chi connectivity index (χ1n) is 7.45. The Bertz CT molecular complexity index is 938. The summed E-state index contributed by atoms with van der Waals surface area (Å²) in [5, 5.41) is 37.6. The van der Waals surface area contributed by atoms with E-state index in [1.165, 1.54) is 14.2 Å². The summed E-state index contributed by atoms with van der Waals surface area (Å²) in [6.45, 7) is 0. The van der Waals surface area contributed by atoms with Crippen LogP contribution in [0.3, 0.4) is 0 Å². The highest BCUT2D eigenvalue weighted by Gasteiger charge is 2.38. The number of benzene rings is 1. The molecule has 0 aliphatic carbocycles. The van der Waals surface area contributed by atoms with Crippen LogP contribution < -0.4 is 15.2 Å². The Morgan fingerprint density at radius 2 is 1.73 bits per heavy atom. The van der Waals surface area contributed by atoms with Crippen molar-refractivity contribution in [2.45, 2.75) is 5.92 Å². The van der Waals surface area contributed by atoms with Gasteiger partial charge < -0.3 is 15.2 Å². The van der Waals surface area contributed by atoms with Crippen LogP contribution >= 0.6 is 0 Å². The van der Waals surface area contributed by atoms with Gasteiger partial charge in [-0.15, -0.1) is 0 Å². The second-order valence-corrected chi connectivity index (χ2v) is 5.34. The summed E-state index contributed by atoms with van der Waals surface area (Å²) in [5.74, 6) is -2.09. The summed E-state index contributed by atoms with van der Waals surface area (Å²) in [6, 6.07) is 12.6. The number of aliphatic imine (C=N–C) groups is 1. The van der Waals surface area contributed by atoms with Crippen LogP contribution in [0.5, 0.6) is 11.5 Å². The summed E-state index contributed by atoms with van der Waals surface area (Å²) >= 11 is 0. The zero-order chi connectivity index (χ0) is 19.3. The van der Waals surface area contributed by atoms with Gasteiger partial charge >= 0.3 is 0 Å². The molecule has 8 nitrogen and oxygen atoms in total. The summed E-state index contributed by atoms with van der Waals surface area (Å²) in [6.07, 6.45) is 0. The van der Waals surface area contributed by atoms with E-state index in [4.69, 9.17) is 15.2 Å². The molecule has 8 heteroatoms. The molecule has 1 aromatic rings. The fourth-order valence-corrected chi connectivity index (χ4v) is 2.81. The monoisotopic (exact) mass is 346 g/mol. The molecule has 26 heavy (non-hydrogen) atoms. The number of allylic oxidation sites excluding steroid dienone is 2. The third kappa shape index (κ3) is 3.00. The molecule has 2 rings (SSSR count). The lowest BCUT2D eigenvalue weighted by molar-refractivity contribution is 0.354. The van der Waals surface area contributed by atoms with Crippen molar-refractivity contribution in [1.29, 1.82) is 21.0 Å². The van der Waals surface area contributed by atoms with Gasteiger partial charge in [0.05, 0.1) is 49.8 Å². The highest BCUT2D eigenvalue weighted by molar-refractivity contribution is 5.89. The smallest absolute Gasteiger partial charge is 0.176 e. The predicted octanol–water partition coefficient (Wildman–Crippen LogP) is 1.74. The molecule has 0 fully saturated rings. The van der Waals surface area contributed by atoms with Gasteiger partial charge in [-0.2, -0.15) is 21.0 Å². The van der Waals surface area contributed by atoms with Gasteiger partial charge in [0.15, 0.2) is 17.4 Å². The molecule has 0 saturated carbocycles. The molecule has 0 amide bonds. The van der Waals surface area contributed by atoms with Gasteiger partial charge in [0, 0.05) is 5.92 Å². The molecule has 0 bridgehead atoms. The summed E-state index contributed by atoms with van der Waals surface area (Å²) in [4.78, 5) is 4.01. The summed E-state index contributed by atoms with van der Waals surface area (Å²) in [7, 11) is 2.96. The van der Waals surface area contributed by atoms with Crippen molar-refractivity contribution in [3.8, 4) is 35.8 Å². The number of hydrogen-bond acceptors (Lipinski definition) is 8. The molecule has 1 heterocycles. The van der Waals surface area contributed by atoms with Gasteiger partial charge in [-0.3, -0.25) is 0 Å². The molecular formula is C18H14N6O2. The van der Waals surface area contributed by atoms with Crippen LogP contribution in [0, 0.1) is 57.2 Å². The van der Waals surface area contributed by atoms with Crippen LogP contribution in [0.25, 0.3) is 0 Å². The number of hydrogen-bond donors (Lipinski definition) is 1. The molecule has 2 atom stereocenters. The van der Waals surface area contributed by atoms with E-state index in [1.807, 2.05) is 12.1 Å². The maximum atomic E-state index is 9.66. The van der Waals surface area contributed by atoms with Gasteiger partial charge in [0.1, 0.15) is 11.8 Å². The average Bonchev–Trinajstić information content (AvgIpc) is 2.67. The van der Waals surface area contributed by atoms with Gasteiger partial charge in [-0.25, -0.2) is 4.99 Å². The zero-order valence-electron chi connectivity index (χ0n) is 14.1. The minimum Gasteiger partial charge on any atom is -0.493 e. The van der Waals surface area contributed by atoms with E-state index in [0.29, 0.717) is 17.1 Å². The van der Waals surface area contributed by atoms with Crippen molar-refractivity contribution in [1.82, 2.24) is 0 Å². The van der Waals surface area contributed by atoms with Crippen molar-refractivity contribution >= 4 is 5.84 Å². The molecule has 0 radical (unpaired) electrons. The van der Waals surface area contributed by atoms with Gasteiger partial charge in [-0.1, -0.05) is 6.07 Å². The second kappa shape index (κ2) is 7.71. The lowest BCUT2D eigenvalue weighted by Crippen LogP contribution is -2.33. The van der Waals surface area contributed by atoms with Crippen molar-refractivity contribution in [3.05, 3.63) is 35.0 Å². The number of methoxy groups -OCH3 is 2. The first kappa shape index (κ1) is 18.3. The Hall–Kier alpha value is -4.01. The molecule has 0 spiro atoms. The first-order chi connectivity index (χ1) is 12.6. The molecule has 0 saturated heterocycles. The minimum atomic E-state index is -1.26. The van der Waals surface area contributed by atoms with E-state index in [1.54, 1.807) is 30.3 Å². The number of ether oxygens (including phenoxy) is 2. The maximum absolute atomic E-state index is 9.66. The van der Waals surface area contributed by atoms with Crippen LogP contribution in [0.4, 0.5) is 0 Å². The van der Waals surface area contributed by atoms with Gasteiger partial charge in [0.25, 0.3) is 0 Å². The van der Waals surface area contributed by atoms with E-state index in [9.17, 15) is 21.0 Å². The molecule has 1 aromatic carbocycles. The van der Waals surface area contributed by atoms with Gasteiger partial charge in [-0.05, 0) is 17.7 Å². The van der Waals surface area contributed by atoms with E-state index in [-0.39, 0.29) is 17.1 Å². The molecule has 1 unspecified atom stereocenters. The molecule has 128 valence electrons. The van der Waals surface area contributed by atoms with E-state index < -0.39 is 17.8 Å². The van der Waals surface area contributed by atoms with E-state index >= 15 is 0 Å². The lowest BCUT2D eigenvalue weighted by atomic mass is 9.77. The quantitative estimate of drug-likeness (QED) is 0.871. The molecule has 0 aromatic heterocycles. The van der Waals surface area contributed by atoms with Crippen LogP contribution in [0.15, 0.2) is 34.5 Å². The highest BCUT2D eigenvalue weighted by atomic mass is 16.5.